The first-order chi connectivity index (χ1) is 6.39. The van der Waals surface area contributed by atoms with Crippen LogP contribution >= 0.6 is 7.60 Å². The maximum atomic E-state index is 12.1. The summed E-state index contributed by atoms with van der Waals surface area (Å²) in [7, 11) is -2.93. The number of allylic oxidation sites excluding steroid dienone is 2. The average molecular weight is 220 g/mol. The molecule has 0 amide bonds. The Morgan fingerprint density at radius 3 is 1.86 bits per heavy atom. The third kappa shape index (κ3) is 6.36. The van der Waals surface area contributed by atoms with Crippen LogP contribution in [-0.4, -0.2) is 18.4 Å². The average Bonchev–Trinajstić information content (AvgIpc) is 1.97. The minimum atomic E-state index is -2.93. The van der Waals surface area contributed by atoms with E-state index >= 15 is 0 Å². The van der Waals surface area contributed by atoms with E-state index < -0.39 is 7.60 Å². The van der Waals surface area contributed by atoms with E-state index in [1.165, 1.54) is 0 Å². The first-order valence-electron chi connectivity index (χ1n) is 4.96. The molecule has 0 aliphatic rings. The molecular formula is C10H21O3P. The highest BCUT2D eigenvalue weighted by molar-refractivity contribution is 7.54. The lowest BCUT2D eigenvalue weighted by atomic mass is 10.5. The van der Waals surface area contributed by atoms with Gasteiger partial charge in [-0.25, -0.2) is 0 Å². The summed E-state index contributed by atoms with van der Waals surface area (Å²) in [6, 6.07) is 0. The number of hydrogen-bond donors (Lipinski definition) is 0. The molecule has 0 heterocycles. The van der Waals surface area contributed by atoms with Crippen molar-refractivity contribution < 1.29 is 13.6 Å². The molecule has 0 unspecified atom stereocenters. The van der Waals surface area contributed by atoms with E-state index in [2.05, 4.69) is 0 Å². The van der Waals surface area contributed by atoms with Crippen molar-refractivity contribution in [3.8, 4) is 0 Å². The largest absolute Gasteiger partial charge is 0.334 e. The van der Waals surface area contributed by atoms with Crippen molar-refractivity contribution in [1.82, 2.24) is 0 Å². The summed E-state index contributed by atoms with van der Waals surface area (Å²) in [4.78, 5) is 0. The van der Waals surface area contributed by atoms with Crippen LogP contribution in [0.3, 0.4) is 0 Å². The van der Waals surface area contributed by atoms with Gasteiger partial charge < -0.3 is 9.05 Å². The van der Waals surface area contributed by atoms with Crippen molar-refractivity contribution in [2.24, 2.45) is 0 Å². The van der Waals surface area contributed by atoms with Gasteiger partial charge in [0.15, 0.2) is 0 Å². The van der Waals surface area contributed by atoms with Gasteiger partial charge in [0, 0.05) is 0 Å². The fourth-order valence-corrected chi connectivity index (χ4v) is 2.96. The molecule has 0 bridgehead atoms. The van der Waals surface area contributed by atoms with E-state index in [9.17, 15) is 4.57 Å². The molecule has 0 saturated heterocycles. The molecule has 0 saturated carbocycles. The van der Waals surface area contributed by atoms with Crippen LogP contribution in [0.2, 0.25) is 0 Å². The van der Waals surface area contributed by atoms with Crippen LogP contribution in [0.15, 0.2) is 12.2 Å². The molecule has 0 atom stereocenters. The summed E-state index contributed by atoms with van der Waals surface area (Å²) in [5, 5.41) is 0. The first kappa shape index (κ1) is 13.9. The highest BCUT2D eigenvalue weighted by Crippen LogP contribution is 2.50. The van der Waals surface area contributed by atoms with E-state index in [0.29, 0.717) is 6.16 Å². The van der Waals surface area contributed by atoms with Gasteiger partial charge in [-0.3, -0.25) is 4.57 Å². The van der Waals surface area contributed by atoms with E-state index in [1.54, 1.807) is 0 Å². The van der Waals surface area contributed by atoms with Gasteiger partial charge in [-0.1, -0.05) is 12.2 Å². The number of hydrogen-bond acceptors (Lipinski definition) is 3. The van der Waals surface area contributed by atoms with Gasteiger partial charge >= 0.3 is 7.60 Å². The Morgan fingerprint density at radius 2 is 1.57 bits per heavy atom. The summed E-state index contributed by atoms with van der Waals surface area (Å²) >= 11 is 0. The summed E-state index contributed by atoms with van der Waals surface area (Å²) < 4.78 is 22.8. The van der Waals surface area contributed by atoms with Crippen LogP contribution < -0.4 is 0 Å². The lowest BCUT2D eigenvalue weighted by Crippen LogP contribution is -2.09. The van der Waals surface area contributed by atoms with E-state index in [0.717, 1.165) is 0 Å². The summed E-state index contributed by atoms with van der Waals surface area (Å²) in [6.07, 6.45) is 3.85. The highest BCUT2D eigenvalue weighted by Gasteiger charge is 2.25. The SMILES string of the molecule is C/C=C/CP(=O)(OC(C)C)OC(C)C. The first-order valence-corrected chi connectivity index (χ1v) is 6.69. The molecule has 0 fully saturated rings. The molecule has 0 rings (SSSR count). The Labute approximate surface area is 87.0 Å². The third-order valence-corrected chi connectivity index (χ3v) is 3.45. The van der Waals surface area contributed by atoms with Gasteiger partial charge in [0.2, 0.25) is 0 Å². The second-order valence-electron chi connectivity index (χ2n) is 3.67. The molecule has 0 radical (unpaired) electrons. The zero-order valence-corrected chi connectivity index (χ0v) is 10.6. The molecule has 0 spiro atoms. The molecule has 84 valence electrons. The van der Waals surface area contributed by atoms with Crippen molar-refractivity contribution >= 4 is 7.60 Å². The van der Waals surface area contributed by atoms with Crippen LogP contribution in [-0.2, 0) is 13.6 Å². The maximum Gasteiger partial charge on any atom is 0.334 e. The Kier molecular flexibility index (Phi) is 6.34. The normalized spacial score (nSPS) is 13.4. The fraction of sp³-hybridized carbons (Fsp3) is 0.800. The minimum Gasteiger partial charge on any atom is -0.306 e. The van der Waals surface area contributed by atoms with Crippen LogP contribution in [0.5, 0.6) is 0 Å². The Balaban J connectivity index is 4.41. The van der Waals surface area contributed by atoms with Crippen LogP contribution in [0.4, 0.5) is 0 Å². The molecule has 0 aliphatic heterocycles. The van der Waals surface area contributed by atoms with Gasteiger partial charge in [0.05, 0.1) is 18.4 Å². The lowest BCUT2D eigenvalue weighted by Gasteiger charge is -2.21. The van der Waals surface area contributed by atoms with E-state index in [4.69, 9.17) is 9.05 Å². The van der Waals surface area contributed by atoms with Gasteiger partial charge in [-0.15, -0.1) is 0 Å². The second-order valence-corrected chi connectivity index (χ2v) is 5.68. The van der Waals surface area contributed by atoms with Crippen LogP contribution in [0.25, 0.3) is 0 Å². The predicted molar refractivity (Wildman–Crippen MR) is 59.7 cm³/mol. The maximum absolute atomic E-state index is 12.1. The standard InChI is InChI=1S/C10H21O3P/c1-6-7-8-14(11,12-9(2)3)13-10(4)5/h6-7,9-10H,8H2,1-5H3/b7-6+. The molecule has 3 nitrogen and oxygen atoms in total. The van der Waals surface area contributed by atoms with Gasteiger partial charge in [0.25, 0.3) is 0 Å². The predicted octanol–water partition coefficient (Wildman–Crippen LogP) is 3.61. The highest BCUT2D eigenvalue weighted by atomic mass is 31.2. The van der Waals surface area contributed by atoms with Crippen molar-refractivity contribution in [3.63, 3.8) is 0 Å². The molecule has 0 N–H and O–H groups in total. The molecule has 4 heteroatoms. The van der Waals surface area contributed by atoms with E-state index in [-0.39, 0.29) is 12.2 Å². The monoisotopic (exact) mass is 220 g/mol. The van der Waals surface area contributed by atoms with Crippen molar-refractivity contribution in [2.75, 3.05) is 6.16 Å². The van der Waals surface area contributed by atoms with E-state index in [1.807, 2.05) is 46.8 Å². The van der Waals surface area contributed by atoms with Gasteiger partial charge in [-0.05, 0) is 34.6 Å². The summed E-state index contributed by atoms with van der Waals surface area (Å²) in [5.41, 5.74) is 0. The molecule has 14 heavy (non-hydrogen) atoms. The second kappa shape index (κ2) is 6.39. The summed E-state index contributed by atoms with van der Waals surface area (Å²) in [6.45, 7) is 9.30. The zero-order chi connectivity index (χ0) is 11.2. The molecule has 0 aromatic heterocycles. The molecule has 0 aromatic carbocycles. The Morgan fingerprint density at radius 1 is 1.14 bits per heavy atom. The Hall–Kier alpha value is -0.110. The molecular weight excluding hydrogens is 199 g/mol. The zero-order valence-electron chi connectivity index (χ0n) is 9.69. The molecule has 0 aliphatic carbocycles. The Bertz CT molecular complexity index is 207. The van der Waals surface area contributed by atoms with Crippen LogP contribution in [0.1, 0.15) is 34.6 Å². The third-order valence-electron chi connectivity index (χ3n) is 1.31. The smallest absolute Gasteiger partial charge is 0.306 e. The van der Waals surface area contributed by atoms with Crippen molar-refractivity contribution in [2.45, 2.75) is 46.8 Å². The van der Waals surface area contributed by atoms with Crippen LogP contribution in [0, 0.1) is 0 Å². The molecule has 0 aromatic rings. The topological polar surface area (TPSA) is 35.5 Å². The van der Waals surface area contributed by atoms with Gasteiger partial charge in [0.1, 0.15) is 0 Å². The lowest BCUT2D eigenvalue weighted by molar-refractivity contribution is 0.144. The number of rotatable bonds is 6. The minimum absolute atomic E-state index is 0.0789. The van der Waals surface area contributed by atoms with Crippen molar-refractivity contribution in [1.29, 1.82) is 0 Å². The van der Waals surface area contributed by atoms with Gasteiger partial charge in [-0.2, -0.15) is 0 Å². The van der Waals surface area contributed by atoms with Crippen molar-refractivity contribution in [3.05, 3.63) is 12.2 Å². The summed E-state index contributed by atoms with van der Waals surface area (Å²) in [5.74, 6) is 0. The fourth-order valence-electron chi connectivity index (χ4n) is 0.988. The quantitative estimate of drug-likeness (QED) is 0.506.